The molecule has 0 amide bonds. The molecule has 0 radical (unpaired) electrons. The highest BCUT2D eigenvalue weighted by molar-refractivity contribution is 5.54. The van der Waals surface area contributed by atoms with Gasteiger partial charge in [-0.15, -0.1) is 0 Å². The number of halogens is 2. The molecule has 7 nitrogen and oxygen atoms in total. The average molecular weight is 296 g/mol. The standard InChI is InChI=1S/C12H14F2N6O/c1-6(2)21-12-18-10(17-11(19-12)20-15)16-9-4-7(13)3-8(14)5-9/h3-6H,15H2,1-2H3,(H2,16,17,18,19,20). The molecule has 2 rings (SSSR count). The van der Waals surface area contributed by atoms with Crippen LogP contribution in [-0.2, 0) is 0 Å². The molecule has 0 saturated carbocycles. The van der Waals surface area contributed by atoms with Crippen LogP contribution in [-0.4, -0.2) is 21.1 Å². The van der Waals surface area contributed by atoms with Gasteiger partial charge >= 0.3 is 6.01 Å². The van der Waals surface area contributed by atoms with E-state index in [0.29, 0.717) is 0 Å². The van der Waals surface area contributed by atoms with Gasteiger partial charge in [-0.3, -0.25) is 5.43 Å². The topological polar surface area (TPSA) is 98.0 Å². The molecular formula is C12H14F2N6O. The molecule has 0 fully saturated rings. The molecule has 0 bridgehead atoms. The zero-order valence-corrected chi connectivity index (χ0v) is 11.4. The second-order valence-corrected chi connectivity index (χ2v) is 4.36. The van der Waals surface area contributed by atoms with Gasteiger partial charge < -0.3 is 10.1 Å². The number of nitrogens with zero attached hydrogens (tertiary/aromatic N) is 3. The summed E-state index contributed by atoms with van der Waals surface area (Å²) in [4.78, 5) is 11.8. The zero-order chi connectivity index (χ0) is 15.4. The predicted molar refractivity (Wildman–Crippen MR) is 73.0 cm³/mol. The Balaban J connectivity index is 2.29. The van der Waals surface area contributed by atoms with Gasteiger partial charge in [0.15, 0.2) is 0 Å². The van der Waals surface area contributed by atoms with E-state index in [2.05, 4.69) is 25.7 Å². The van der Waals surface area contributed by atoms with Crippen molar-refractivity contribution in [2.75, 3.05) is 10.7 Å². The fourth-order valence-corrected chi connectivity index (χ4v) is 1.50. The van der Waals surface area contributed by atoms with E-state index in [1.165, 1.54) is 0 Å². The molecule has 1 aromatic heterocycles. The Morgan fingerprint density at radius 1 is 1.05 bits per heavy atom. The molecule has 0 unspecified atom stereocenters. The molecular weight excluding hydrogens is 282 g/mol. The molecule has 0 spiro atoms. The predicted octanol–water partition coefficient (Wildman–Crippen LogP) is 1.97. The van der Waals surface area contributed by atoms with Gasteiger partial charge in [0.2, 0.25) is 11.9 Å². The second kappa shape index (κ2) is 6.27. The summed E-state index contributed by atoms with van der Waals surface area (Å²) < 4.78 is 31.6. The number of rotatable bonds is 5. The lowest BCUT2D eigenvalue weighted by atomic mass is 10.3. The number of nitrogen functional groups attached to an aromatic ring is 1. The van der Waals surface area contributed by atoms with Crippen molar-refractivity contribution in [3.8, 4) is 6.01 Å². The molecule has 21 heavy (non-hydrogen) atoms. The maximum Gasteiger partial charge on any atom is 0.323 e. The number of hydrazine groups is 1. The van der Waals surface area contributed by atoms with E-state index < -0.39 is 11.6 Å². The fourth-order valence-electron chi connectivity index (χ4n) is 1.50. The zero-order valence-electron chi connectivity index (χ0n) is 11.4. The summed E-state index contributed by atoms with van der Waals surface area (Å²) in [6.45, 7) is 3.60. The summed E-state index contributed by atoms with van der Waals surface area (Å²) in [6, 6.07) is 3.00. The van der Waals surface area contributed by atoms with Gasteiger partial charge in [0.05, 0.1) is 6.10 Å². The number of nitrogens with two attached hydrogens (primary N) is 1. The van der Waals surface area contributed by atoms with Crippen LogP contribution in [0.4, 0.5) is 26.4 Å². The third-order valence-corrected chi connectivity index (χ3v) is 2.20. The number of ether oxygens (including phenoxy) is 1. The van der Waals surface area contributed by atoms with Crippen LogP contribution in [0.25, 0.3) is 0 Å². The normalized spacial score (nSPS) is 10.6. The SMILES string of the molecule is CC(C)Oc1nc(NN)nc(Nc2cc(F)cc(F)c2)n1. The smallest absolute Gasteiger partial charge is 0.323 e. The molecule has 4 N–H and O–H groups in total. The first-order valence-corrected chi connectivity index (χ1v) is 6.08. The van der Waals surface area contributed by atoms with E-state index in [1.54, 1.807) is 13.8 Å². The first kappa shape index (κ1) is 14.9. The number of aromatic nitrogens is 3. The van der Waals surface area contributed by atoms with Gasteiger partial charge in [-0.2, -0.15) is 15.0 Å². The monoisotopic (exact) mass is 296 g/mol. The minimum atomic E-state index is -0.720. The highest BCUT2D eigenvalue weighted by atomic mass is 19.1. The van der Waals surface area contributed by atoms with Gasteiger partial charge in [0.1, 0.15) is 11.6 Å². The van der Waals surface area contributed by atoms with Crippen molar-refractivity contribution in [3.63, 3.8) is 0 Å². The number of anilines is 3. The van der Waals surface area contributed by atoms with Crippen molar-refractivity contribution in [2.24, 2.45) is 5.84 Å². The average Bonchev–Trinajstić information content (AvgIpc) is 2.36. The maximum atomic E-state index is 13.1. The van der Waals surface area contributed by atoms with E-state index in [9.17, 15) is 8.78 Å². The van der Waals surface area contributed by atoms with E-state index in [-0.39, 0.29) is 29.7 Å². The Labute approximate surface area is 119 Å². The highest BCUT2D eigenvalue weighted by Gasteiger charge is 2.09. The summed E-state index contributed by atoms with van der Waals surface area (Å²) in [7, 11) is 0. The van der Waals surface area contributed by atoms with Gasteiger partial charge in [-0.05, 0) is 26.0 Å². The Kier molecular flexibility index (Phi) is 4.43. The quantitative estimate of drug-likeness (QED) is 0.573. The minimum absolute atomic E-state index is 0.0346. The molecule has 9 heteroatoms. The van der Waals surface area contributed by atoms with E-state index in [4.69, 9.17) is 10.6 Å². The molecule has 1 aromatic carbocycles. The Morgan fingerprint density at radius 2 is 1.67 bits per heavy atom. The van der Waals surface area contributed by atoms with Crippen LogP contribution >= 0.6 is 0 Å². The summed E-state index contributed by atoms with van der Waals surface area (Å²) in [5.41, 5.74) is 2.41. The first-order valence-electron chi connectivity index (χ1n) is 6.08. The molecule has 0 aliphatic heterocycles. The summed E-state index contributed by atoms with van der Waals surface area (Å²) >= 11 is 0. The number of nitrogens with one attached hydrogen (secondary N) is 2. The second-order valence-electron chi connectivity index (χ2n) is 4.36. The lowest BCUT2D eigenvalue weighted by Gasteiger charge is -2.11. The van der Waals surface area contributed by atoms with Gasteiger partial charge in [0, 0.05) is 11.8 Å². The van der Waals surface area contributed by atoms with Gasteiger partial charge in [-0.25, -0.2) is 14.6 Å². The third-order valence-electron chi connectivity index (χ3n) is 2.20. The van der Waals surface area contributed by atoms with Crippen LogP contribution in [0, 0.1) is 11.6 Å². The van der Waals surface area contributed by atoms with Crippen molar-refractivity contribution in [3.05, 3.63) is 29.8 Å². The molecule has 112 valence electrons. The molecule has 0 saturated heterocycles. The van der Waals surface area contributed by atoms with Gasteiger partial charge in [-0.1, -0.05) is 0 Å². The third kappa shape index (κ3) is 4.21. The van der Waals surface area contributed by atoms with Crippen molar-refractivity contribution in [1.82, 2.24) is 15.0 Å². The van der Waals surface area contributed by atoms with Crippen LogP contribution in [0.5, 0.6) is 6.01 Å². The van der Waals surface area contributed by atoms with Gasteiger partial charge in [0.25, 0.3) is 0 Å². The van der Waals surface area contributed by atoms with E-state index in [0.717, 1.165) is 18.2 Å². The van der Waals surface area contributed by atoms with Crippen LogP contribution in [0.2, 0.25) is 0 Å². The number of hydrogen-bond acceptors (Lipinski definition) is 7. The van der Waals surface area contributed by atoms with Crippen LogP contribution in [0.1, 0.15) is 13.8 Å². The van der Waals surface area contributed by atoms with Crippen LogP contribution in [0.3, 0.4) is 0 Å². The maximum absolute atomic E-state index is 13.1. The molecule has 0 aliphatic rings. The lowest BCUT2D eigenvalue weighted by Crippen LogP contribution is -2.15. The lowest BCUT2D eigenvalue weighted by molar-refractivity contribution is 0.222. The largest absolute Gasteiger partial charge is 0.461 e. The molecule has 2 aromatic rings. The van der Waals surface area contributed by atoms with Crippen molar-refractivity contribution in [1.29, 1.82) is 0 Å². The summed E-state index contributed by atoms with van der Waals surface area (Å²) in [5.74, 6) is 3.91. The van der Waals surface area contributed by atoms with Crippen molar-refractivity contribution < 1.29 is 13.5 Å². The Bertz CT molecular complexity index is 617. The Morgan fingerprint density at radius 3 is 2.24 bits per heavy atom. The molecule has 0 aliphatic carbocycles. The van der Waals surface area contributed by atoms with Crippen LogP contribution in [0.15, 0.2) is 18.2 Å². The summed E-state index contributed by atoms with van der Waals surface area (Å²) in [6.07, 6.45) is -0.155. The van der Waals surface area contributed by atoms with Crippen molar-refractivity contribution >= 4 is 17.6 Å². The molecule has 0 atom stereocenters. The van der Waals surface area contributed by atoms with E-state index >= 15 is 0 Å². The Hall–Kier alpha value is -2.55. The fraction of sp³-hybridized carbons (Fsp3) is 0.250. The van der Waals surface area contributed by atoms with Crippen molar-refractivity contribution in [2.45, 2.75) is 20.0 Å². The van der Waals surface area contributed by atoms with E-state index in [1.807, 2.05) is 0 Å². The molecule has 1 heterocycles. The number of hydrogen-bond donors (Lipinski definition) is 3. The first-order chi connectivity index (χ1) is 9.96. The highest BCUT2D eigenvalue weighted by Crippen LogP contribution is 2.19. The van der Waals surface area contributed by atoms with Crippen LogP contribution < -0.4 is 21.3 Å². The summed E-state index contributed by atoms with van der Waals surface area (Å²) in [5, 5.41) is 2.66. The minimum Gasteiger partial charge on any atom is -0.461 e. The number of benzene rings is 1.